The summed E-state index contributed by atoms with van der Waals surface area (Å²) in [7, 11) is 3.24. The van der Waals surface area contributed by atoms with Crippen LogP contribution in [0.5, 0.6) is 11.5 Å². The quantitative estimate of drug-likeness (QED) is 0.828. The molecule has 1 aromatic carbocycles. The summed E-state index contributed by atoms with van der Waals surface area (Å²) in [5, 5.41) is 0. The number of aromatic amines is 1. The molecule has 1 aromatic heterocycles. The first kappa shape index (κ1) is 9.58. The first-order valence-corrected chi connectivity index (χ1v) is 4.49. The summed E-state index contributed by atoms with van der Waals surface area (Å²) in [4.78, 5) is 6.83. The van der Waals surface area contributed by atoms with Gasteiger partial charge in [0.05, 0.1) is 19.9 Å². The van der Waals surface area contributed by atoms with Crippen molar-refractivity contribution in [2.24, 2.45) is 0 Å². The molecule has 0 aliphatic heterocycles. The van der Waals surface area contributed by atoms with Gasteiger partial charge in [0.25, 0.3) is 0 Å². The highest BCUT2D eigenvalue weighted by molar-refractivity contribution is 5.67. The highest BCUT2D eigenvalue weighted by Gasteiger charge is 2.08. The Morgan fingerprint density at radius 3 is 2.73 bits per heavy atom. The first-order valence-electron chi connectivity index (χ1n) is 4.49. The fraction of sp³-hybridized carbons (Fsp3) is 0.182. The Labute approximate surface area is 87.9 Å². The molecule has 0 amide bonds. The molecule has 0 atom stereocenters. The Kier molecular flexibility index (Phi) is 2.58. The number of hydrogen-bond donors (Lipinski definition) is 1. The van der Waals surface area contributed by atoms with Gasteiger partial charge in [-0.1, -0.05) is 0 Å². The molecule has 4 heteroatoms. The van der Waals surface area contributed by atoms with Crippen LogP contribution in [0.25, 0.3) is 11.3 Å². The number of nitrogens with zero attached hydrogens (tertiary/aromatic N) is 1. The number of hydrogen-bond acceptors (Lipinski definition) is 3. The predicted octanol–water partition coefficient (Wildman–Crippen LogP) is 1.89. The monoisotopic (exact) mass is 203 g/mol. The lowest BCUT2D eigenvalue weighted by Crippen LogP contribution is -1.90. The van der Waals surface area contributed by atoms with Crippen molar-refractivity contribution in [3.05, 3.63) is 30.7 Å². The van der Waals surface area contributed by atoms with Gasteiger partial charge < -0.3 is 14.5 Å². The summed E-state index contributed by atoms with van der Waals surface area (Å²) >= 11 is 0. The van der Waals surface area contributed by atoms with Crippen molar-refractivity contribution in [3.8, 4) is 22.8 Å². The van der Waals surface area contributed by atoms with Gasteiger partial charge in [-0.05, 0) is 12.1 Å². The van der Waals surface area contributed by atoms with Crippen molar-refractivity contribution in [1.82, 2.24) is 9.97 Å². The standard InChI is InChI=1S/C11H11N2O2/c1-14-8-3-4-9(11(5-8)15-2)10-6-12-7-13-10/h3-6H,1-2H3,(H,12,13). The highest BCUT2D eigenvalue weighted by atomic mass is 16.5. The molecule has 4 nitrogen and oxygen atoms in total. The van der Waals surface area contributed by atoms with E-state index in [9.17, 15) is 0 Å². The maximum atomic E-state index is 5.26. The van der Waals surface area contributed by atoms with Crippen LogP contribution >= 0.6 is 0 Å². The Morgan fingerprint density at radius 2 is 2.13 bits per heavy atom. The number of imidazole rings is 1. The van der Waals surface area contributed by atoms with Crippen LogP contribution in [-0.2, 0) is 0 Å². The molecule has 2 aromatic rings. The van der Waals surface area contributed by atoms with Crippen molar-refractivity contribution < 1.29 is 9.47 Å². The summed E-state index contributed by atoms with van der Waals surface area (Å²) in [5.74, 6) is 1.49. The number of benzene rings is 1. The normalized spacial score (nSPS) is 10.0. The van der Waals surface area contributed by atoms with E-state index < -0.39 is 0 Å². The van der Waals surface area contributed by atoms with Crippen LogP contribution in [0, 0.1) is 6.33 Å². The predicted molar refractivity (Wildman–Crippen MR) is 56.0 cm³/mol. The molecule has 0 fully saturated rings. The lowest BCUT2D eigenvalue weighted by atomic mass is 10.1. The van der Waals surface area contributed by atoms with Crippen molar-refractivity contribution in [2.45, 2.75) is 0 Å². The SMILES string of the molecule is COc1ccc(-c2c[nH][c]n2)c(OC)c1. The Hall–Kier alpha value is -1.97. The van der Waals surface area contributed by atoms with Crippen LogP contribution < -0.4 is 9.47 Å². The molecule has 2 rings (SSSR count). The van der Waals surface area contributed by atoms with E-state index in [2.05, 4.69) is 16.3 Å². The van der Waals surface area contributed by atoms with Crippen molar-refractivity contribution in [3.63, 3.8) is 0 Å². The number of aromatic nitrogens is 2. The molecule has 0 saturated carbocycles. The van der Waals surface area contributed by atoms with Gasteiger partial charge in [-0.25, -0.2) is 4.98 Å². The van der Waals surface area contributed by atoms with E-state index in [4.69, 9.17) is 9.47 Å². The molecule has 1 radical (unpaired) electrons. The van der Waals surface area contributed by atoms with E-state index in [0.717, 1.165) is 22.8 Å². The van der Waals surface area contributed by atoms with Crippen LogP contribution in [0.15, 0.2) is 24.4 Å². The first-order chi connectivity index (χ1) is 7.35. The molecular weight excluding hydrogens is 192 g/mol. The van der Waals surface area contributed by atoms with Gasteiger partial charge >= 0.3 is 0 Å². The molecule has 0 bridgehead atoms. The van der Waals surface area contributed by atoms with Crippen molar-refractivity contribution in [1.29, 1.82) is 0 Å². The van der Waals surface area contributed by atoms with Gasteiger partial charge in [0.15, 0.2) is 6.33 Å². The van der Waals surface area contributed by atoms with Crippen LogP contribution in [0.3, 0.4) is 0 Å². The molecule has 15 heavy (non-hydrogen) atoms. The van der Waals surface area contributed by atoms with E-state index in [0.29, 0.717) is 0 Å². The van der Waals surface area contributed by atoms with Gasteiger partial charge in [0.2, 0.25) is 0 Å². The average Bonchev–Trinajstić information content (AvgIpc) is 2.81. The summed E-state index contributed by atoms with van der Waals surface area (Å²) in [6.45, 7) is 0. The average molecular weight is 203 g/mol. The summed E-state index contributed by atoms with van der Waals surface area (Å²) in [6.07, 6.45) is 4.41. The number of methoxy groups -OCH3 is 2. The van der Waals surface area contributed by atoms with Gasteiger partial charge in [0, 0.05) is 17.8 Å². The second-order valence-electron chi connectivity index (χ2n) is 2.96. The Balaban J connectivity index is 2.48. The van der Waals surface area contributed by atoms with Crippen LogP contribution in [-0.4, -0.2) is 24.2 Å². The Morgan fingerprint density at radius 1 is 1.27 bits per heavy atom. The third-order valence-electron chi connectivity index (χ3n) is 2.13. The number of H-pyrrole nitrogens is 1. The van der Waals surface area contributed by atoms with Crippen molar-refractivity contribution in [2.75, 3.05) is 14.2 Å². The topological polar surface area (TPSA) is 47.1 Å². The minimum absolute atomic E-state index is 0.731. The number of rotatable bonds is 3. The molecular formula is C11H11N2O2. The lowest BCUT2D eigenvalue weighted by molar-refractivity contribution is 0.395. The summed E-state index contributed by atoms with van der Waals surface area (Å²) in [6, 6.07) is 5.60. The summed E-state index contributed by atoms with van der Waals surface area (Å²) in [5.41, 5.74) is 1.71. The van der Waals surface area contributed by atoms with E-state index in [1.807, 2.05) is 18.2 Å². The molecule has 0 unspecified atom stereocenters. The van der Waals surface area contributed by atoms with Gasteiger partial charge in [-0.15, -0.1) is 0 Å². The van der Waals surface area contributed by atoms with E-state index in [-0.39, 0.29) is 0 Å². The molecule has 0 aliphatic rings. The fourth-order valence-electron chi connectivity index (χ4n) is 1.37. The molecule has 1 N–H and O–H groups in total. The van der Waals surface area contributed by atoms with E-state index >= 15 is 0 Å². The maximum absolute atomic E-state index is 5.26. The minimum Gasteiger partial charge on any atom is -0.497 e. The van der Waals surface area contributed by atoms with Crippen molar-refractivity contribution >= 4 is 0 Å². The molecule has 0 saturated heterocycles. The molecule has 0 aliphatic carbocycles. The largest absolute Gasteiger partial charge is 0.497 e. The summed E-state index contributed by atoms with van der Waals surface area (Å²) < 4.78 is 10.4. The minimum atomic E-state index is 0.731. The van der Waals surface area contributed by atoms with Gasteiger partial charge in [-0.2, -0.15) is 0 Å². The zero-order chi connectivity index (χ0) is 10.7. The zero-order valence-corrected chi connectivity index (χ0v) is 8.57. The molecule has 77 valence electrons. The van der Waals surface area contributed by atoms with Crippen LogP contribution in [0.1, 0.15) is 0 Å². The molecule has 0 spiro atoms. The number of ether oxygens (including phenoxy) is 2. The van der Waals surface area contributed by atoms with E-state index in [1.54, 1.807) is 20.4 Å². The van der Waals surface area contributed by atoms with Gasteiger partial charge in [-0.3, -0.25) is 0 Å². The third-order valence-corrected chi connectivity index (χ3v) is 2.13. The lowest BCUT2D eigenvalue weighted by Gasteiger charge is -2.08. The Bertz CT molecular complexity index is 438. The second kappa shape index (κ2) is 4.04. The zero-order valence-electron chi connectivity index (χ0n) is 8.57. The number of nitrogens with one attached hydrogen (secondary N) is 1. The maximum Gasteiger partial charge on any atom is 0.174 e. The van der Waals surface area contributed by atoms with Gasteiger partial charge in [0.1, 0.15) is 11.5 Å². The van der Waals surface area contributed by atoms with E-state index in [1.165, 1.54) is 0 Å². The highest BCUT2D eigenvalue weighted by Crippen LogP contribution is 2.31. The molecule has 1 heterocycles. The second-order valence-corrected chi connectivity index (χ2v) is 2.96. The smallest absolute Gasteiger partial charge is 0.174 e. The van der Waals surface area contributed by atoms with Crippen LogP contribution in [0.2, 0.25) is 0 Å². The fourth-order valence-corrected chi connectivity index (χ4v) is 1.37. The van der Waals surface area contributed by atoms with Crippen LogP contribution in [0.4, 0.5) is 0 Å². The third kappa shape index (κ3) is 1.79.